The molecule has 1 aromatic carbocycles. The van der Waals surface area contributed by atoms with Gasteiger partial charge in [-0.05, 0) is 24.6 Å². The van der Waals surface area contributed by atoms with Crippen molar-refractivity contribution >= 4 is 5.84 Å². The Morgan fingerprint density at radius 3 is 3.05 bits per heavy atom. The summed E-state index contributed by atoms with van der Waals surface area (Å²) >= 11 is 0. The van der Waals surface area contributed by atoms with Crippen molar-refractivity contribution in [1.82, 2.24) is 4.90 Å². The van der Waals surface area contributed by atoms with Gasteiger partial charge in [0, 0.05) is 19.1 Å². The average Bonchev–Trinajstić information content (AvgIpc) is 2.48. The van der Waals surface area contributed by atoms with Crippen LogP contribution in [0.1, 0.15) is 18.1 Å². The van der Waals surface area contributed by atoms with E-state index in [1.54, 1.807) is 7.11 Å². The molecule has 1 aliphatic rings. The average molecular weight is 279 g/mol. The lowest BCUT2D eigenvalue weighted by molar-refractivity contribution is -0.00438. The van der Waals surface area contributed by atoms with Gasteiger partial charge in [0.2, 0.25) is 0 Å². The molecule has 6 heteroatoms. The Kier molecular flexibility index (Phi) is 4.81. The number of benzene rings is 1. The molecule has 0 radical (unpaired) electrons. The smallest absolute Gasteiger partial charge is 0.173 e. The first-order chi connectivity index (χ1) is 9.65. The van der Waals surface area contributed by atoms with Crippen molar-refractivity contribution in [2.75, 3.05) is 26.9 Å². The lowest BCUT2D eigenvalue weighted by Gasteiger charge is -2.33. The summed E-state index contributed by atoms with van der Waals surface area (Å²) in [6.45, 7) is 5.44. The van der Waals surface area contributed by atoms with E-state index in [0.717, 1.165) is 31.9 Å². The highest BCUT2D eigenvalue weighted by Crippen LogP contribution is 2.22. The fourth-order valence-electron chi connectivity index (χ4n) is 2.33. The minimum atomic E-state index is 0.0492. The Bertz CT molecular complexity index is 491. The van der Waals surface area contributed by atoms with Crippen molar-refractivity contribution < 1.29 is 14.7 Å². The van der Waals surface area contributed by atoms with Crippen LogP contribution in [0.5, 0.6) is 5.75 Å². The van der Waals surface area contributed by atoms with Crippen LogP contribution in [0, 0.1) is 0 Å². The van der Waals surface area contributed by atoms with Gasteiger partial charge in [0.15, 0.2) is 5.84 Å². The molecule has 1 heterocycles. The number of hydrogen-bond acceptors (Lipinski definition) is 5. The number of morpholine rings is 1. The number of amidine groups is 1. The van der Waals surface area contributed by atoms with Crippen LogP contribution in [0.4, 0.5) is 0 Å². The summed E-state index contributed by atoms with van der Waals surface area (Å²) in [4.78, 5) is 2.36. The van der Waals surface area contributed by atoms with Crippen molar-refractivity contribution in [2.45, 2.75) is 19.5 Å². The second-order valence-electron chi connectivity index (χ2n) is 4.91. The first-order valence-corrected chi connectivity index (χ1v) is 6.62. The Hall–Kier alpha value is -1.79. The predicted octanol–water partition coefficient (Wildman–Crippen LogP) is 1.01. The van der Waals surface area contributed by atoms with Crippen LogP contribution in [0.15, 0.2) is 23.4 Å². The molecular formula is C14H21N3O3. The van der Waals surface area contributed by atoms with E-state index in [4.69, 9.17) is 20.4 Å². The highest BCUT2D eigenvalue weighted by Gasteiger charge is 2.19. The number of ether oxygens (including phenoxy) is 2. The lowest BCUT2D eigenvalue weighted by Crippen LogP contribution is -2.42. The molecule has 2 rings (SSSR count). The molecule has 1 unspecified atom stereocenters. The number of nitrogens with two attached hydrogens (primary N) is 1. The van der Waals surface area contributed by atoms with Gasteiger partial charge in [-0.3, -0.25) is 4.90 Å². The normalized spacial score (nSPS) is 20.9. The zero-order valence-corrected chi connectivity index (χ0v) is 11.9. The molecule has 110 valence electrons. The molecule has 1 aliphatic heterocycles. The number of methoxy groups -OCH3 is 1. The fourth-order valence-corrected chi connectivity index (χ4v) is 2.33. The molecule has 0 saturated carbocycles. The third-order valence-corrected chi connectivity index (χ3v) is 3.54. The molecule has 6 nitrogen and oxygen atoms in total. The molecule has 1 aromatic rings. The minimum absolute atomic E-state index is 0.0492. The fraction of sp³-hybridized carbons (Fsp3) is 0.500. The Labute approximate surface area is 118 Å². The van der Waals surface area contributed by atoms with Crippen LogP contribution < -0.4 is 10.5 Å². The summed E-state index contributed by atoms with van der Waals surface area (Å²) in [7, 11) is 1.57. The van der Waals surface area contributed by atoms with Gasteiger partial charge in [-0.1, -0.05) is 11.2 Å². The molecule has 0 spiro atoms. The number of hydrogen-bond donors (Lipinski definition) is 2. The minimum Gasteiger partial charge on any atom is -0.496 e. The van der Waals surface area contributed by atoms with E-state index >= 15 is 0 Å². The van der Waals surface area contributed by atoms with E-state index in [-0.39, 0.29) is 5.84 Å². The van der Waals surface area contributed by atoms with Gasteiger partial charge in [0.1, 0.15) is 5.75 Å². The van der Waals surface area contributed by atoms with Crippen LogP contribution in [0.2, 0.25) is 0 Å². The van der Waals surface area contributed by atoms with Crippen LogP contribution in [-0.4, -0.2) is 48.9 Å². The van der Waals surface area contributed by atoms with Crippen LogP contribution in [0.25, 0.3) is 0 Å². The quantitative estimate of drug-likeness (QED) is 0.372. The van der Waals surface area contributed by atoms with Crippen LogP contribution in [-0.2, 0) is 11.3 Å². The standard InChI is InChI=1S/C14H21N3O3/c1-10-9-20-6-5-17(10)8-11-3-4-12(14(15)16-18)13(7-11)19-2/h3-4,7,10,18H,5-6,8-9H2,1-2H3,(H2,15,16). The first-order valence-electron chi connectivity index (χ1n) is 6.62. The number of nitrogens with zero attached hydrogens (tertiary/aromatic N) is 2. The molecule has 20 heavy (non-hydrogen) atoms. The van der Waals surface area contributed by atoms with Crippen molar-refractivity contribution in [2.24, 2.45) is 10.9 Å². The van der Waals surface area contributed by atoms with Gasteiger partial charge in [-0.25, -0.2) is 0 Å². The molecule has 1 atom stereocenters. The molecule has 3 N–H and O–H groups in total. The second kappa shape index (κ2) is 6.58. The maximum absolute atomic E-state index is 8.76. The highest BCUT2D eigenvalue weighted by molar-refractivity contribution is 5.99. The van der Waals surface area contributed by atoms with Crippen molar-refractivity contribution in [1.29, 1.82) is 0 Å². The Morgan fingerprint density at radius 1 is 1.60 bits per heavy atom. The molecular weight excluding hydrogens is 258 g/mol. The summed E-state index contributed by atoms with van der Waals surface area (Å²) in [5.41, 5.74) is 7.34. The zero-order valence-electron chi connectivity index (χ0n) is 11.9. The Morgan fingerprint density at radius 2 is 2.40 bits per heavy atom. The number of rotatable bonds is 4. The topological polar surface area (TPSA) is 80.3 Å². The van der Waals surface area contributed by atoms with Gasteiger partial charge >= 0.3 is 0 Å². The summed E-state index contributed by atoms with van der Waals surface area (Å²) in [6, 6.07) is 6.11. The first kappa shape index (κ1) is 14.6. The molecule has 0 amide bonds. The van der Waals surface area contributed by atoms with Crippen molar-refractivity contribution in [3.05, 3.63) is 29.3 Å². The van der Waals surface area contributed by atoms with Gasteiger partial charge in [0.25, 0.3) is 0 Å². The van der Waals surface area contributed by atoms with E-state index in [0.29, 0.717) is 17.4 Å². The summed E-state index contributed by atoms with van der Waals surface area (Å²) in [5, 5.41) is 11.8. The number of oxime groups is 1. The summed E-state index contributed by atoms with van der Waals surface area (Å²) in [5.74, 6) is 0.659. The Balaban J connectivity index is 2.17. The van der Waals surface area contributed by atoms with Crippen LogP contribution >= 0.6 is 0 Å². The highest BCUT2D eigenvalue weighted by atomic mass is 16.5. The van der Waals surface area contributed by atoms with E-state index in [1.807, 2.05) is 18.2 Å². The van der Waals surface area contributed by atoms with E-state index in [9.17, 15) is 0 Å². The van der Waals surface area contributed by atoms with Crippen molar-refractivity contribution in [3.63, 3.8) is 0 Å². The zero-order chi connectivity index (χ0) is 14.5. The molecule has 0 aromatic heterocycles. The molecule has 0 bridgehead atoms. The van der Waals surface area contributed by atoms with Gasteiger partial charge in [-0.2, -0.15) is 0 Å². The van der Waals surface area contributed by atoms with Crippen LogP contribution in [0.3, 0.4) is 0 Å². The monoisotopic (exact) mass is 279 g/mol. The third-order valence-electron chi connectivity index (χ3n) is 3.54. The lowest BCUT2D eigenvalue weighted by atomic mass is 10.1. The van der Waals surface area contributed by atoms with Gasteiger partial charge < -0.3 is 20.4 Å². The van der Waals surface area contributed by atoms with Crippen molar-refractivity contribution in [3.8, 4) is 5.75 Å². The second-order valence-corrected chi connectivity index (χ2v) is 4.91. The van der Waals surface area contributed by atoms with Gasteiger partial charge in [0.05, 0.1) is 25.9 Å². The molecule has 1 fully saturated rings. The van der Waals surface area contributed by atoms with Gasteiger partial charge in [-0.15, -0.1) is 0 Å². The maximum atomic E-state index is 8.76. The summed E-state index contributed by atoms with van der Waals surface area (Å²) in [6.07, 6.45) is 0. The molecule has 1 saturated heterocycles. The van der Waals surface area contributed by atoms with E-state index < -0.39 is 0 Å². The van der Waals surface area contributed by atoms with E-state index in [1.165, 1.54) is 0 Å². The predicted molar refractivity (Wildman–Crippen MR) is 76.2 cm³/mol. The summed E-state index contributed by atoms with van der Waals surface area (Å²) < 4.78 is 10.7. The maximum Gasteiger partial charge on any atom is 0.173 e. The van der Waals surface area contributed by atoms with E-state index in [2.05, 4.69) is 17.0 Å². The largest absolute Gasteiger partial charge is 0.496 e. The SMILES string of the molecule is COc1cc(CN2CCOCC2C)ccc1/C(N)=N/O. The molecule has 0 aliphatic carbocycles. The third kappa shape index (κ3) is 3.20.